The highest BCUT2D eigenvalue weighted by Crippen LogP contribution is 2.43. The van der Waals surface area contributed by atoms with Crippen molar-refractivity contribution in [2.75, 3.05) is 0 Å². The van der Waals surface area contributed by atoms with Gasteiger partial charge in [-0.3, -0.25) is 0 Å². The highest BCUT2D eigenvalue weighted by molar-refractivity contribution is 5.71. The molecule has 4 heterocycles. The number of aromatic amines is 2. The van der Waals surface area contributed by atoms with Gasteiger partial charge >= 0.3 is 0 Å². The van der Waals surface area contributed by atoms with Gasteiger partial charge in [-0.15, -0.1) is 0 Å². The van der Waals surface area contributed by atoms with Crippen molar-refractivity contribution in [1.29, 1.82) is 0 Å². The molecule has 182 valence electrons. The van der Waals surface area contributed by atoms with Crippen molar-refractivity contribution in [1.82, 2.24) is 30.6 Å². The highest BCUT2D eigenvalue weighted by atomic mass is 15.1. The van der Waals surface area contributed by atoms with Crippen LogP contribution in [-0.4, -0.2) is 32.0 Å². The molecule has 2 aliphatic heterocycles. The van der Waals surface area contributed by atoms with Crippen LogP contribution in [0.1, 0.15) is 62.3 Å². The maximum atomic E-state index is 4.72. The van der Waals surface area contributed by atoms with Gasteiger partial charge in [-0.25, -0.2) is 9.97 Å². The van der Waals surface area contributed by atoms with Gasteiger partial charge in [0, 0.05) is 12.1 Å². The van der Waals surface area contributed by atoms with Crippen LogP contribution in [0, 0.1) is 11.8 Å². The molecule has 0 radical (unpaired) electrons. The fraction of sp³-hybridized carbons (Fsp3) is 0.400. The highest BCUT2D eigenvalue weighted by Gasteiger charge is 2.42. The zero-order valence-corrected chi connectivity index (χ0v) is 20.4. The maximum Gasteiger partial charge on any atom is 0.124 e. The summed E-state index contributed by atoms with van der Waals surface area (Å²) in [7, 11) is 0. The Morgan fingerprint density at radius 3 is 1.31 bits per heavy atom. The third-order valence-corrected chi connectivity index (χ3v) is 9.22. The minimum absolute atomic E-state index is 0.394. The van der Waals surface area contributed by atoms with E-state index in [0.29, 0.717) is 24.2 Å². The van der Waals surface area contributed by atoms with Gasteiger partial charge in [0.1, 0.15) is 11.6 Å². The van der Waals surface area contributed by atoms with E-state index in [2.05, 4.69) is 69.1 Å². The third kappa shape index (κ3) is 3.46. The maximum absolute atomic E-state index is 4.72. The summed E-state index contributed by atoms with van der Waals surface area (Å²) in [4.78, 5) is 16.6. The molecular weight excluding hydrogens is 444 g/mol. The molecule has 6 heteroatoms. The Morgan fingerprint density at radius 1 is 0.528 bits per heavy atom. The lowest BCUT2D eigenvalue weighted by atomic mass is 9.99. The Morgan fingerprint density at radius 2 is 0.944 bits per heavy atom. The minimum atomic E-state index is 0.394. The molecule has 0 spiro atoms. The molecule has 0 amide bonds. The van der Waals surface area contributed by atoms with Crippen LogP contribution >= 0.6 is 0 Å². The van der Waals surface area contributed by atoms with E-state index >= 15 is 0 Å². The number of nitrogens with zero attached hydrogens (tertiary/aromatic N) is 2. The van der Waals surface area contributed by atoms with Crippen LogP contribution < -0.4 is 10.6 Å². The second kappa shape index (κ2) is 8.15. The van der Waals surface area contributed by atoms with Gasteiger partial charge in [-0.05, 0) is 72.6 Å². The Labute approximate surface area is 211 Å². The second-order valence-electron chi connectivity index (χ2n) is 11.3. The molecule has 6 atom stereocenters. The molecule has 4 bridgehead atoms. The number of rotatable bonds is 5. The van der Waals surface area contributed by atoms with Crippen molar-refractivity contribution >= 4 is 0 Å². The van der Waals surface area contributed by atoms with Crippen molar-refractivity contribution in [2.45, 2.75) is 62.7 Å². The van der Waals surface area contributed by atoms with E-state index in [1.54, 1.807) is 0 Å². The predicted octanol–water partition coefficient (Wildman–Crippen LogP) is 5.76. The summed E-state index contributed by atoms with van der Waals surface area (Å²) in [6, 6.07) is 19.8. The van der Waals surface area contributed by atoms with Crippen LogP contribution in [0.2, 0.25) is 0 Å². The van der Waals surface area contributed by atoms with Crippen LogP contribution in [0.15, 0.2) is 60.9 Å². The molecule has 2 saturated carbocycles. The number of aromatic nitrogens is 4. The van der Waals surface area contributed by atoms with Gasteiger partial charge in [0.25, 0.3) is 0 Å². The average Bonchev–Trinajstić information content (AvgIpc) is 3.76. The summed E-state index contributed by atoms with van der Waals surface area (Å²) in [5.74, 6) is 3.66. The van der Waals surface area contributed by atoms with E-state index in [4.69, 9.17) is 9.97 Å². The molecule has 2 aromatic heterocycles. The first-order chi connectivity index (χ1) is 17.8. The molecular formula is C30H32N6. The van der Waals surface area contributed by atoms with Gasteiger partial charge in [0.15, 0.2) is 0 Å². The van der Waals surface area contributed by atoms with Gasteiger partial charge in [-0.1, -0.05) is 48.5 Å². The zero-order chi connectivity index (χ0) is 23.6. The first-order valence-electron chi connectivity index (χ1n) is 13.6. The number of H-pyrrole nitrogens is 2. The molecule has 8 rings (SSSR count). The van der Waals surface area contributed by atoms with Crippen molar-refractivity contribution in [3.8, 4) is 33.6 Å². The first kappa shape index (κ1) is 20.9. The fourth-order valence-corrected chi connectivity index (χ4v) is 7.29. The van der Waals surface area contributed by atoms with Gasteiger partial charge < -0.3 is 20.6 Å². The lowest BCUT2D eigenvalue weighted by Gasteiger charge is -2.20. The van der Waals surface area contributed by atoms with E-state index in [1.165, 1.54) is 60.8 Å². The topological polar surface area (TPSA) is 81.4 Å². The molecule has 6 nitrogen and oxygen atoms in total. The standard InChI is InChI=1S/C30H32N6/c1-5-19(25-15-31-29(35-25)27-21-9-11-23(13-21)33-27)6-2-17(1)18-3-7-20(8-4-18)26-16-32-30(36-26)28-22-10-12-24(14-22)34-28/h1-8,15-16,21-24,27-28,33-34H,9-14H2,(H,31,35)(H,32,36)/t21-,22-,23+,24+,27-,28?/m0/s1. The van der Waals surface area contributed by atoms with Crippen LogP contribution in [0.4, 0.5) is 0 Å². The smallest absolute Gasteiger partial charge is 0.124 e. The largest absolute Gasteiger partial charge is 0.341 e. The number of hydrogen-bond acceptors (Lipinski definition) is 4. The molecule has 36 heavy (non-hydrogen) atoms. The number of piperidine rings is 2. The quantitative estimate of drug-likeness (QED) is 0.295. The number of imidazole rings is 2. The fourth-order valence-electron chi connectivity index (χ4n) is 7.29. The van der Waals surface area contributed by atoms with E-state index in [1.807, 2.05) is 12.4 Å². The Kier molecular flexibility index (Phi) is 4.74. The SMILES string of the molecule is c1cc(-c2cnc(C3N[C@@H]4CC[C@H]3C4)[nH]2)ccc1-c1ccc(-c2cnc([C@H]3N[C@@H]4CC[C@H]3C4)[nH]2)cc1. The summed E-state index contributed by atoms with van der Waals surface area (Å²) >= 11 is 0. The summed E-state index contributed by atoms with van der Waals surface area (Å²) in [6.07, 6.45) is 11.9. The van der Waals surface area contributed by atoms with Crippen molar-refractivity contribution in [2.24, 2.45) is 11.8 Å². The Hall–Kier alpha value is -3.22. The summed E-state index contributed by atoms with van der Waals surface area (Å²) in [6.45, 7) is 0. The summed E-state index contributed by atoms with van der Waals surface area (Å²) < 4.78 is 0. The van der Waals surface area contributed by atoms with E-state index < -0.39 is 0 Å². The van der Waals surface area contributed by atoms with Crippen molar-refractivity contribution in [3.63, 3.8) is 0 Å². The van der Waals surface area contributed by atoms with Gasteiger partial charge in [-0.2, -0.15) is 0 Å². The predicted molar refractivity (Wildman–Crippen MR) is 141 cm³/mol. The Bertz CT molecular complexity index is 1280. The number of nitrogens with one attached hydrogen (secondary N) is 4. The van der Waals surface area contributed by atoms with Crippen molar-refractivity contribution < 1.29 is 0 Å². The van der Waals surface area contributed by atoms with Crippen LogP contribution in [0.25, 0.3) is 33.6 Å². The lowest BCUT2D eigenvalue weighted by molar-refractivity contribution is 0.379. The first-order valence-corrected chi connectivity index (χ1v) is 13.6. The molecule has 2 saturated heterocycles. The monoisotopic (exact) mass is 476 g/mol. The molecule has 2 aromatic carbocycles. The zero-order valence-electron chi connectivity index (χ0n) is 20.4. The van der Waals surface area contributed by atoms with Gasteiger partial charge in [0.05, 0.1) is 35.9 Å². The number of fused-ring (bicyclic) bond motifs is 4. The number of hydrogen-bond donors (Lipinski definition) is 4. The van der Waals surface area contributed by atoms with E-state index in [0.717, 1.165) is 34.9 Å². The molecule has 4 aliphatic rings. The normalized spacial score (nSPS) is 30.4. The third-order valence-electron chi connectivity index (χ3n) is 9.22. The van der Waals surface area contributed by atoms with Crippen molar-refractivity contribution in [3.05, 3.63) is 72.6 Å². The summed E-state index contributed by atoms with van der Waals surface area (Å²) in [5, 5.41) is 7.47. The number of benzene rings is 2. The van der Waals surface area contributed by atoms with Crippen LogP contribution in [0.5, 0.6) is 0 Å². The lowest BCUT2D eigenvalue weighted by Crippen LogP contribution is -2.29. The minimum Gasteiger partial charge on any atom is -0.341 e. The molecule has 4 N–H and O–H groups in total. The average molecular weight is 477 g/mol. The van der Waals surface area contributed by atoms with E-state index in [-0.39, 0.29) is 0 Å². The molecule has 4 fully saturated rings. The van der Waals surface area contributed by atoms with Gasteiger partial charge in [0.2, 0.25) is 0 Å². The Balaban J connectivity index is 0.972. The van der Waals surface area contributed by atoms with Crippen LogP contribution in [0.3, 0.4) is 0 Å². The molecule has 2 aliphatic carbocycles. The second-order valence-corrected chi connectivity index (χ2v) is 11.3. The molecule has 4 aromatic rings. The van der Waals surface area contributed by atoms with Crippen LogP contribution in [-0.2, 0) is 0 Å². The summed E-state index contributed by atoms with van der Waals surface area (Å²) in [5.41, 5.74) is 6.98. The molecule has 1 unspecified atom stereocenters. The van der Waals surface area contributed by atoms with E-state index in [9.17, 15) is 0 Å².